The Kier molecular flexibility index (Phi) is 3.99. The van der Waals surface area contributed by atoms with E-state index in [0.717, 1.165) is 16.7 Å². The van der Waals surface area contributed by atoms with Gasteiger partial charge >= 0.3 is 0 Å². The first-order chi connectivity index (χ1) is 10.5. The van der Waals surface area contributed by atoms with E-state index in [9.17, 15) is 9.18 Å². The van der Waals surface area contributed by atoms with Crippen molar-refractivity contribution in [2.24, 2.45) is 0 Å². The van der Waals surface area contributed by atoms with Gasteiger partial charge in [0.25, 0.3) is 0 Å². The molecule has 0 unspecified atom stereocenters. The lowest BCUT2D eigenvalue weighted by molar-refractivity contribution is -0.114. The monoisotopic (exact) mass is 316 g/mol. The third-order valence-electron chi connectivity index (χ3n) is 3.69. The molecule has 0 saturated carbocycles. The molecule has 112 valence electrons. The summed E-state index contributed by atoms with van der Waals surface area (Å²) < 4.78 is 19.3. The van der Waals surface area contributed by atoms with Crippen molar-refractivity contribution in [1.29, 1.82) is 0 Å². The van der Waals surface area contributed by atoms with Crippen molar-refractivity contribution >= 4 is 23.0 Å². The molecule has 0 spiro atoms. The van der Waals surface area contributed by atoms with Crippen LogP contribution in [0.5, 0.6) is 5.75 Å². The van der Waals surface area contributed by atoms with Crippen LogP contribution < -0.4 is 4.74 Å². The highest BCUT2D eigenvalue weighted by atomic mass is 35.5. The molecule has 2 nitrogen and oxygen atoms in total. The number of hydrogen-bond acceptors (Lipinski definition) is 2. The lowest BCUT2D eigenvalue weighted by atomic mass is 9.91. The Morgan fingerprint density at radius 1 is 1.27 bits per heavy atom. The van der Waals surface area contributed by atoms with E-state index in [2.05, 4.69) is 0 Å². The van der Waals surface area contributed by atoms with Crippen molar-refractivity contribution in [2.75, 3.05) is 0 Å². The molecule has 0 bridgehead atoms. The molecule has 2 aromatic carbocycles. The smallest absolute Gasteiger partial charge is 0.160 e. The molecule has 3 rings (SSSR count). The Morgan fingerprint density at radius 3 is 2.86 bits per heavy atom. The van der Waals surface area contributed by atoms with Crippen LogP contribution in [-0.4, -0.2) is 5.78 Å². The zero-order valence-corrected chi connectivity index (χ0v) is 12.8. The summed E-state index contributed by atoms with van der Waals surface area (Å²) in [4.78, 5) is 11.6. The standard InChI is InChI=1S/C18H14ClFO2/c1-11-7-13(21)8-12-9-14(5-6-15(11)12)22-10-16-17(19)3-2-4-18(16)20/h2-7,9H,8,10H2,1H3. The number of halogens is 2. The summed E-state index contributed by atoms with van der Waals surface area (Å²) in [5.74, 6) is 0.291. The molecule has 0 atom stereocenters. The minimum Gasteiger partial charge on any atom is -0.489 e. The highest BCUT2D eigenvalue weighted by Crippen LogP contribution is 2.29. The second-order valence-electron chi connectivity index (χ2n) is 5.28. The molecule has 0 fully saturated rings. The second kappa shape index (κ2) is 5.93. The van der Waals surface area contributed by atoms with Gasteiger partial charge in [0.2, 0.25) is 0 Å². The van der Waals surface area contributed by atoms with Crippen LogP contribution in [0, 0.1) is 5.82 Å². The number of rotatable bonds is 3. The number of carbonyl (C=O) groups is 1. The van der Waals surface area contributed by atoms with Gasteiger partial charge in [0.1, 0.15) is 18.2 Å². The van der Waals surface area contributed by atoms with Crippen LogP contribution in [-0.2, 0) is 17.8 Å². The maximum atomic E-state index is 13.7. The third-order valence-corrected chi connectivity index (χ3v) is 4.04. The van der Waals surface area contributed by atoms with Crippen LogP contribution in [0.2, 0.25) is 5.02 Å². The molecule has 22 heavy (non-hydrogen) atoms. The molecule has 0 aromatic heterocycles. The van der Waals surface area contributed by atoms with Gasteiger partial charge in [0.15, 0.2) is 5.78 Å². The minimum absolute atomic E-state index is 0.0487. The maximum Gasteiger partial charge on any atom is 0.160 e. The summed E-state index contributed by atoms with van der Waals surface area (Å²) in [6.45, 7) is 1.96. The van der Waals surface area contributed by atoms with Crippen molar-refractivity contribution in [3.8, 4) is 5.75 Å². The van der Waals surface area contributed by atoms with Crippen LogP contribution in [0.4, 0.5) is 4.39 Å². The zero-order valence-electron chi connectivity index (χ0n) is 12.0. The summed E-state index contributed by atoms with van der Waals surface area (Å²) >= 11 is 5.98. The highest BCUT2D eigenvalue weighted by Gasteiger charge is 2.16. The Hall–Kier alpha value is -2.13. The number of carbonyl (C=O) groups excluding carboxylic acids is 1. The van der Waals surface area contributed by atoms with Gasteiger partial charge in [-0.3, -0.25) is 4.79 Å². The Balaban J connectivity index is 1.82. The van der Waals surface area contributed by atoms with Crippen LogP contribution in [0.25, 0.3) is 5.57 Å². The van der Waals surface area contributed by atoms with E-state index in [1.807, 2.05) is 25.1 Å². The average molecular weight is 317 g/mol. The molecule has 4 heteroatoms. The molecule has 2 aromatic rings. The summed E-state index contributed by atoms with van der Waals surface area (Å²) in [5.41, 5.74) is 3.27. The number of benzene rings is 2. The zero-order chi connectivity index (χ0) is 15.7. The lowest BCUT2D eigenvalue weighted by Gasteiger charge is -2.16. The van der Waals surface area contributed by atoms with Gasteiger partial charge in [-0.05, 0) is 54.0 Å². The molecule has 0 radical (unpaired) electrons. The molecule has 0 amide bonds. The van der Waals surface area contributed by atoms with Crippen LogP contribution in [0.3, 0.4) is 0 Å². The fourth-order valence-electron chi connectivity index (χ4n) is 2.57. The maximum absolute atomic E-state index is 13.7. The van der Waals surface area contributed by atoms with E-state index in [0.29, 0.717) is 22.8 Å². The highest BCUT2D eigenvalue weighted by molar-refractivity contribution is 6.31. The van der Waals surface area contributed by atoms with Crippen molar-refractivity contribution in [2.45, 2.75) is 20.0 Å². The summed E-state index contributed by atoms with van der Waals surface area (Å²) in [5, 5.41) is 0.340. The van der Waals surface area contributed by atoms with Crippen molar-refractivity contribution in [3.05, 3.63) is 70.0 Å². The molecule has 0 N–H and O–H groups in total. The molecule has 0 aliphatic heterocycles. The van der Waals surface area contributed by atoms with Gasteiger partial charge in [0, 0.05) is 12.0 Å². The van der Waals surface area contributed by atoms with Crippen LogP contribution in [0.15, 0.2) is 42.5 Å². The van der Waals surface area contributed by atoms with Gasteiger partial charge in [-0.25, -0.2) is 4.39 Å². The predicted molar refractivity (Wildman–Crippen MR) is 84.5 cm³/mol. The summed E-state index contributed by atoms with van der Waals surface area (Å²) in [7, 11) is 0. The van der Waals surface area contributed by atoms with E-state index in [1.165, 1.54) is 6.07 Å². The first-order valence-corrected chi connectivity index (χ1v) is 7.32. The number of allylic oxidation sites excluding steroid dienone is 2. The van der Waals surface area contributed by atoms with Gasteiger partial charge < -0.3 is 4.74 Å². The number of ether oxygens (including phenoxy) is 1. The van der Waals surface area contributed by atoms with E-state index in [-0.39, 0.29) is 18.2 Å². The first-order valence-electron chi connectivity index (χ1n) is 6.94. The van der Waals surface area contributed by atoms with E-state index < -0.39 is 0 Å². The molecular formula is C18H14ClFO2. The van der Waals surface area contributed by atoms with E-state index >= 15 is 0 Å². The fourth-order valence-corrected chi connectivity index (χ4v) is 2.79. The topological polar surface area (TPSA) is 26.3 Å². The second-order valence-corrected chi connectivity index (χ2v) is 5.69. The van der Waals surface area contributed by atoms with Gasteiger partial charge in [-0.2, -0.15) is 0 Å². The molecule has 0 saturated heterocycles. The Labute approximate surface area is 133 Å². The fraction of sp³-hybridized carbons (Fsp3) is 0.167. The summed E-state index contributed by atoms with van der Waals surface area (Å²) in [6.07, 6.45) is 2.02. The molecule has 1 aliphatic carbocycles. The Bertz CT molecular complexity index is 760. The van der Waals surface area contributed by atoms with Crippen molar-refractivity contribution in [1.82, 2.24) is 0 Å². The van der Waals surface area contributed by atoms with E-state index in [4.69, 9.17) is 16.3 Å². The molecule has 1 aliphatic rings. The predicted octanol–water partition coefficient (Wildman–Crippen LogP) is 4.59. The van der Waals surface area contributed by atoms with Crippen LogP contribution in [0.1, 0.15) is 23.6 Å². The molecular weight excluding hydrogens is 303 g/mol. The van der Waals surface area contributed by atoms with Crippen molar-refractivity contribution < 1.29 is 13.9 Å². The molecule has 0 heterocycles. The Morgan fingerprint density at radius 2 is 2.09 bits per heavy atom. The van der Waals surface area contributed by atoms with E-state index in [1.54, 1.807) is 18.2 Å². The van der Waals surface area contributed by atoms with Gasteiger partial charge in [-0.1, -0.05) is 23.7 Å². The normalized spacial score (nSPS) is 13.6. The van der Waals surface area contributed by atoms with Crippen LogP contribution >= 0.6 is 11.6 Å². The lowest BCUT2D eigenvalue weighted by Crippen LogP contribution is -2.08. The average Bonchev–Trinajstić information content (AvgIpc) is 2.46. The minimum atomic E-state index is -0.389. The SMILES string of the molecule is CC1=CC(=O)Cc2cc(OCc3c(F)cccc3Cl)ccc21. The summed E-state index contributed by atoms with van der Waals surface area (Å²) in [6, 6.07) is 10.1. The van der Waals surface area contributed by atoms with Gasteiger partial charge in [0.05, 0.1) is 5.02 Å². The number of ketones is 1. The van der Waals surface area contributed by atoms with Crippen molar-refractivity contribution in [3.63, 3.8) is 0 Å². The number of fused-ring (bicyclic) bond motifs is 1. The quantitative estimate of drug-likeness (QED) is 0.828. The third kappa shape index (κ3) is 2.90. The number of hydrogen-bond donors (Lipinski definition) is 0. The first kappa shape index (κ1) is 14.8. The largest absolute Gasteiger partial charge is 0.489 e. The van der Waals surface area contributed by atoms with Gasteiger partial charge in [-0.15, -0.1) is 0 Å².